The topological polar surface area (TPSA) is 44.1 Å². The fourth-order valence-electron chi connectivity index (χ4n) is 3.78. The van der Waals surface area contributed by atoms with E-state index in [1.165, 1.54) is 48.5 Å². The highest BCUT2D eigenvalue weighted by Crippen LogP contribution is 2.25. The Morgan fingerprint density at radius 3 is 2.06 bits per heavy atom. The van der Waals surface area contributed by atoms with Crippen LogP contribution in [0.3, 0.4) is 0 Å². The smallest absolute Gasteiger partial charge is 0.343 e. The molecule has 4 nitrogen and oxygen atoms in total. The van der Waals surface area contributed by atoms with Crippen molar-refractivity contribution in [2.45, 2.75) is 6.54 Å². The quantitative estimate of drug-likeness (QED) is 0.206. The Morgan fingerprint density at radius 1 is 0.771 bits per heavy atom. The van der Waals surface area contributed by atoms with Crippen molar-refractivity contribution in [2.75, 3.05) is 0 Å². The van der Waals surface area contributed by atoms with E-state index in [1.54, 1.807) is 6.08 Å². The number of carbonyl (C=O) groups is 1. The summed E-state index contributed by atoms with van der Waals surface area (Å²) < 4.78 is 34.7. The minimum atomic E-state index is -0.661. The molecule has 0 unspecified atom stereocenters. The first-order chi connectivity index (χ1) is 17.1. The molecule has 0 aliphatic heterocycles. The van der Waals surface area contributed by atoms with Gasteiger partial charge in [0.2, 0.25) is 0 Å². The summed E-state index contributed by atoms with van der Waals surface area (Å²) in [5.41, 5.74) is 3.48. The van der Waals surface area contributed by atoms with Gasteiger partial charge >= 0.3 is 5.97 Å². The minimum absolute atomic E-state index is 0.192. The Bertz CT molecular complexity index is 1510. The van der Waals surface area contributed by atoms with Gasteiger partial charge in [-0.15, -0.1) is 0 Å². The maximum Gasteiger partial charge on any atom is 0.343 e. The average molecular weight is 466 g/mol. The number of hydrogen-bond acceptors (Lipinski definition) is 3. The molecule has 1 aromatic heterocycles. The van der Waals surface area contributed by atoms with Gasteiger partial charge in [0.25, 0.3) is 0 Å². The van der Waals surface area contributed by atoms with E-state index in [0.717, 1.165) is 16.6 Å². The van der Waals surface area contributed by atoms with Crippen LogP contribution in [-0.4, -0.2) is 15.5 Å². The molecule has 0 atom stereocenters. The molecular weight excluding hydrogens is 446 g/mol. The number of esters is 1. The van der Waals surface area contributed by atoms with Crippen LogP contribution in [0.4, 0.5) is 8.78 Å². The Balaban J connectivity index is 1.60. The SMILES string of the molecule is O=C(OC(=Cc1nc2ccccc2n1Cc1ccccc1)c1ccc(F)cc1)c1ccc(F)cc1. The molecular formula is C29H20F2N2O2. The molecule has 0 N–H and O–H groups in total. The molecule has 0 aliphatic rings. The third-order valence-electron chi connectivity index (χ3n) is 5.54. The van der Waals surface area contributed by atoms with Gasteiger partial charge < -0.3 is 9.30 Å². The summed E-state index contributed by atoms with van der Waals surface area (Å²) in [6.07, 6.45) is 1.66. The van der Waals surface area contributed by atoms with Crippen molar-refractivity contribution < 1.29 is 18.3 Å². The van der Waals surface area contributed by atoms with Crippen LogP contribution in [0, 0.1) is 11.6 Å². The van der Waals surface area contributed by atoms with Crippen molar-refractivity contribution in [2.24, 2.45) is 0 Å². The summed E-state index contributed by atoms with van der Waals surface area (Å²) in [5.74, 6) is -0.753. The van der Waals surface area contributed by atoms with Gasteiger partial charge in [0, 0.05) is 18.2 Å². The molecule has 0 radical (unpaired) electrons. The first-order valence-electron chi connectivity index (χ1n) is 11.0. The second kappa shape index (κ2) is 9.73. The molecule has 5 aromatic rings. The second-order valence-corrected chi connectivity index (χ2v) is 7.94. The van der Waals surface area contributed by atoms with E-state index in [0.29, 0.717) is 17.9 Å². The molecule has 35 heavy (non-hydrogen) atoms. The normalized spacial score (nSPS) is 11.5. The lowest BCUT2D eigenvalue weighted by molar-refractivity contribution is 0.0693. The van der Waals surface area contributed by atoms with Crippen LogP contribution in [0.1, 0.15) is 27.3 Å². The van der Waals surface area contributed by atoms with E-state index >= 15 is 0 Å². The highest BCUT2D eigenvalue weighted by atomic mass is 19.1. The Kier molecular flexibility index (Phi) is 6.18. The zero-order chi connectivity index (χ0) is 24.2. The summed E-state index contributed by atoms with van der Waals surface area (Å²) in [7, 11) is 0. The molecule has 0 spiro atoms. The van der Waals surface area contributed by atoms with E-state index in [-0.39, 0.29) is 11.3 Å². The number of hydrogen-bond donors (Lipinski definition) is 0. The van der Waals surface area contributed by atoms with Gasteiger partial charge in [-0.25, -0.2) is 18.6 Å². The number of nitrogens with zero attached hydrogens (tertiary/aromatic N) is 2. The first kappa shape index (κ1) is 22.2. The van der Waals surface area contributed by atoms with E-state index < -0.39 is 17.6 Å². The Labute approximate surface area is 200 Å². The van der Waals surface area contributed by atoms with E-state index in [9.17, 15) is 13.6 Å². The Hall–Kier alpha value is -4.58. The van der Waals surface area contributed by atoms with Crippen LogP contribution in [-0.2, 0) is 11.3 Å². The van der Waals surface area contributed by atoms with Crippen molar-refractivity contribution >= 4 is 28.8 Å². The lowest BCUT2D eigenvalue weighted by atomic mass is 10.1. The molecule has 1 heterocycles. The first-order valence-corrected chi connectivity index (χ1v) is 11.0. The highest BCUT2D eigenvalue weighted by molar-refractivity contribution is 5.95. The molecule has 0 bridgehead atoms. The monoisotopic (exact) mass is 466 g/mol. The molecule has 0 aliphatic carbocycles. The summed E-state index contributed by atoms with van der Waals surface area (Å²) in [6, 6.07) is 28.4. The predicted octanol–water partition coefficient (Wildman–Crippen LogP) is 6.72. The summed E-state index contributed by atoms with van der Waals surface area (Å²) >= 11 is 0. The summed E-state index contributed by atoms with van der Waals surface area (Å²) in [4.78, 5) is 17.6. The van der Waals surface area contributed by atoms with Gasteiger partial charge in [-0.05, 0) is 66.2 Å². The van der Waals surface area contributed by atoms with Gasteiger partial charge in [-0.1, -0.05) is 42.5 Å². The van der Waals surface area contributed by atoms with E-state index in [2.05, 4.69) is 0 Å². The molecule has 0 amide bonds. The van der Waals surface area contributed by atoms with Crippen molar-refractivity contribution in [3.8, 4) is 0 Å². The minimum Gasteiger partial charge on any atom is -0.422 e. The number of imidazole rings is 1. The maximum absolute atomic E-state index is 13.6. The lowest BCUT2D eigenvalue weighted by Crippen LogP contribution is -2.07. The molecule has 5 rings (SSSR count). The number of rotatable bonds is 6. The fraction of sp³-hybridized carbons (Fsp3) is 0.0345. The van der Waals surface area contributed by atoms with E-state index in [1.807, 2.05) is 59.2 Å². The molecule has 0 saturated heterocycles. The number of para-hydroxylation sites is 2. The highest BCUT2D eigenvalue weighted by Gasteiger charge is 2.16. The van der Waals surface area contributed by atoms with Crippen LogP contribution in [0.5, 0.6) is 0 Å². The molecule has 6 heteroatoms. The number of halogens is 2. The summed E-state index contributed by atoms with van der Waals surface area (Å²) in [6.45, 7) is 0.551. The van der Waals surface area contributed by atoms with Crippen molar-refractivity contribution in [1.29, 1.82) is 0 Å². The van der Waals surface area contributed by atoms with Gasteiger partial charge in [-0.2, -0.15) is 0 Å². The standard InChI is InChI=1S/C29H20F2N2O2/c30-23-14-10-21(11-15-23)27(35-29(34)22-12-16-24(31)17-13-22)18-28-32-25-8-4-5-9-26(25)33(28)19-20-6-2-1-3-7-20/h1-18H,19H2. The number of aromatic nitrogens is 2. The van der Waals surface area contributed by atoms with Crippen LogP contribution in [0.25, 0.3) is 22.9 Å². The predicted molar refractivity (Wildman–Crippen MR) is 131 cm³/mol. The van der Waals surface area contributed by atoms with E-state index in [4.69, 9.17) is 9.72 Å². The average Bonchev–Trinajstić information content (AvgIpc) is 3.22. The zero-order valence-corrected chi connectivity index (χ0v) is 18.6. The summed E-state index contributed by atoms with van der Waals surface area (Å²) in [5, 5.41) is 0. The van der Waals surface area contributed by atoms with Crippen molar-refractivity contribution in [3.05, 3.63) is 137 Å². The third-order valence-corrected chi connectivity index (χ3v) is 5.54. The largest absolute Gasteiger partial charge is 0.422 e. The molecule has 172 valence electrons. The van der Waals surface area contributed by atoms with Crippen LogP contribution < -0.4 is 0 Å². The van der Waals surface area contributed by atoms with Crippen LogP contribution >= 0.6 is 0 Å². The van der Waals surface area contributed by atoms with Crippen LogP contribution in [0.2, 0.25) is 0 Å². The maximum atomic E-state index is 13.6. The molecule has 0 saturated carbocycles. The lowest BCUT2D eigenvalue weighted by Gasteiger charge is -2.11. The molecule has 4 aromatic carbocycles. The van der Waals surface area contributed by atoms with Gasteiger partial charge in [0.1, 0.15) is 23.2 Å². The number of carbonyl (C=O) groups excluding carboxylic acids is 1. The van der Waals surface area contributed by atoms with Gasteiger partial charge in [-0.3, -0.25) is 0 Å². The number of ether oxygens (including phenoxy) is 1. The number of fused-ring (bicyclic) bond motifs is 1. The Morgan fingerprint density at radius 2 is 1.37 bits per heavy atom. The van der Waals surface area contributed by atoms with Gasteiger partial charge in [0.05, 0.1) is 16.6 Å². The zero-order valence-electron chi connectivity index (χ0n) is 18.6. The van der Waals surface area contributed by atoms with Crippen molar-refractivity contribution in [3.63, 3.8) is 0 Å². The fourth-order valence-corrected chi connectivity index (χ4v) is 3.78. The molecule has 0 fully saturated rings. The van der Waals surface area contributed by atoms with Crippen molar-refractivity contribution in [1.82, 2.24) is 9.55 Å². The van der Waals surface area contributed by atoms with Gasteiger partial charge in [0.15, 0.2) is 0 Å². The second-order valence-electron chi connectivity index (χ2n) is 7.94. The third kappa shape index (κ3) is 5.01. The number of benzene rings is 4. The van der Waals surface area contributed by atoms with Crippen LogP contribution in [0.15, 0.2) is 103 Å².